The van der Waals surface area contributed by atoms with Crippen LogP contribution >= 0.6 is 11.6 Å². The largest absolute Gasteiger partial charge is 0.393 e. The molecule has 0 bridgehead atoms. The second-order valence-electron chi connectivity index (χ2n) is 5.96. The third-order valence-electron chi connectivity index (χ3n) is 4.20. The molecule has 1 aromatic carbocycles. The zero-order chi connectivity index (χ0) is 16.8. The molecule has 0 spiro atoms. The maximum atomic E-state index is 9.59. The fourth-order valence-electron chi connectivity index (χ4n) is 2.59. The maximum Gasteiger partial charge on any atom is 0.0662 e. The lowest BCUT2D eigenvalue weighted by atomic mass is 10.1. The Bertz CT molecular complexity index is 622. The topological polar surface area (TPSA) is 50.1 Å². The van der Waals surface area contributed by atoms with E-state index in [0.29, 0.717) is 0 Å². The van der Waals surface area contributed by atoms with Crippen molar-refractivity contribution in [2.45, 2.75) is 52.8 Å². The first-order valence-corrected chi connectivity index (χ1v) is 8.55. The first-order valence-electron chi connectivity index (χ1n) is 8.17. The number of nitrogens with zero attached hydrogens (tertiary/aromatic N) is 2. The fourth-order valence-corrected chi connectivity index (χ4v) is 2.72. The van der Waals surface area contributed by atoms with Crippen molar-refractivity contribution in [1.29, 1.82) is 0 Å². The molecule has 0 aliphatic carbocycles. The van der Waals surface area contributed by atoms with Crippen molar-refractivity contribution in [3.8, 4) is 0 Å². The smallest absolute Gasteiger partial charge is 0.0662 e. The molecule has 0 aliphatic rings. The molecule has 2 rings (SSSR count). The van der Waals surface area contributed by atoms with Crippen molar-refractivity contribution in [3.63, 3.8) is 0 Å². The monoisotopic (exact) mass is 335 g/mol. The van der Waals surface area contributed by atoms with Gasteiger partial charge in [0, 0.05) is 22.8 Å². The summed E-state index contributed by atoms with van der Waals surface area (Å²) in [6.45, 7) is 8.50. The molecule has 5 heteroatoms. The average molecular weight is 336 g/mol. The van der Waals surface area contributed by atoms with Crippen LogP contribution in [0.5, 0.6) is 0 Å². The maximum absolute atomic E-state index is 9.59. The van der Waals surface area contributed by atoms with Crippen molar-refractivity contribution in [2.75, 3.05) is 6.54 Å². The number of nitrogens with one attached hydrogen (secondary N) is 1. The average Bonchev–Trinajstić information content (AvgIpc) is 2.80. The van der Waals surface area contributed by atoms with E-state index in [2.05, 4.69) is 17.3 Å². The van der Waals surface area contributed by atoms with Gasteiger partial charge in [-0.15, -0.1) is 0 Å². The number of benzene rings is 1. The molecular weight excluding hydrogens is 310 g/mol. The Morgan fingerprint density at radius 3 is 2.61 bits per heavy atom. The fraction of sp³-hybridized carbons (Fsp3) is 0.500. The van der Waals surface area contributed by atoms with E-state index in [-0.39, 0.29) is 6.10 Å². The van der Waals surface area contributed by atoms with Gasteiger partial charge in [-0.25, -0.2) is 0 Å². The summed E-state index contributed by atoms with van der Waals surface area (Å²) < 4.78 is 2.04. The van der Waals surface area contributed by atoms with E-state index in [9.17, 15) is 5.11 Å². The molecule has 0 radical (unpaired) electrons. The number of aliphatic hydroxyl groups is 1. The van der Waals surface area contributed by atoms with Crippen LogP contribution in [0, 0.1) is 13.8 Å². The Hall–Kier alpha value is -1.36. The molecule has 0 saturated heterocycles. The van der Waals surface area contributed by atoms with Crippen molar-refractivity contribution in [1.82, 2.24) is 15.1 Å². The van der Waals surface area contributed by atoms with Crippen LogP contribution in [-0.2, 0) is 13.1 Å². The van der Waals surface area contributed by atoms with Gasteiger partial charge in [0.1, 0.15) is 0 Å². The highest BCUT2D eigenvalue weighted by Crippen LogP contribution is 2.16. The van der Waals surface area contributed by atoms with Gasteiger partial charge >= 0.3 is 0 Å². The van der Waals surface area contributed by atoms with Crippen molar-refractivity contribution in [3.05, 3.63) is 51.8 Å². The molecule has 126 valence electrons. The molecule has 1 heterocycles. The van der Waals surface area contributed by atoms with Crippen molar-refractivity contribution < 1.29 is 5.11 Å². The van der Waals surface area contributed by atoms with Crippen LogP contribution in [0.1, 0.15) is 42.3 Å². The molecule has 1 atom stereocenters. The molecule has 0 aliphatic heterocycles. The third-order valence-corrected chi connectivity index (χ3v) is 4.46. The predicted molar refractivity (Wildman–Crippen MR) is 94.9 cm³/mol. The molecule has 2 N–H and O–H groups in total. The van der Waals surface area contributed by atoms with Gasteiger partial charge in [0.15, 0.2) is 0 Å². The summed E-state index contributed by atoms with van der Waals surface area (Å²) in [5.41, 5.74) is 4.66. The summed E-state index contributed by atoms with van der Waals surface area (Å²) in [4.78, 5) is 0. The van der Waals surface area contributed by atoms with E-state index in [0.717, 1.165) is 43.2 Å². The van der Waals surface area contributed by atoms with Crippen molar-refractivity contribution >= 4 is 11.6 Å². The summed E-state index contributed by atoms with van der Waals surface area (Å²) in [5.74, 6) is 0. The normalized spacial score (nSPS) is 12.6. The second kappa shape index (κ2) is 8.48. The summed E-state index contributed by atoms with van der Waals surface area (Å²) in [6.07, 6.45) is 1.38. The van der Waals surface area contributed by atoms with Gasteiger partial charge in [-0.05, 0) is 50.9 Å². The van der Waals surface area contributed by atoms with E-state index < -0.39 is 0 Å². The predicted octanol–water partition coefficient (Wildman–Crippen LogP) is 3.45. The number of hydrogen-bond donors (Lipinski definition) is 2. The van der Waals surface area contributed by atoms with E-state index in [1.54, 1.807) is 0 Å². The molecule has 0 amide bonds. The lowest BCUT2D eigenvalue weighted by Crippen LogP contribution is -2.20. The Balaban J connectivity index is 1.97. The van der Waals surface area contributed by atoms with Crippen molar-refractivity contribution in [2.24, 2.45) is 0 Å². The zero-order valence-corrected chi connectivity index (χ0v) is 14.9. The summed E-state index contributed by atoms with van der Waals surface area (Å²) >= 11 is 5.93. The highest BCUT2D eigenvalue weighted by Gasteiger charge is 2.11. The minimum absolute atomic E-state index is 0.211. The minimum atomic E-state index is -0.211. The van der Waals surface area contributed by atoms with Gasteiger partial charge in [-0.2, -0.15) is 5.10 Å². The van der Waals surface area contributed by atoms with Gasteiger partial charge in [0.2, 0.25) is 0 Å². The summed E-state index contributed by atoms with van der Waals surface area (Å²) in [7, 11) is 0. The SMILES string of the molecule is CCC(O)CCNCc1c(C)nn(Cc2ccc(Cl)cc2)c1C. The quantitative estimate of drug-likeness (QED) is 0.726. The number of halogens is 1. The molecule has 0 saturated carbocycles. The highest BCUT2D eigenvalue weighted by molar-refractivity contribution is 6.30. The Kier molecular flexibility index (Phi) is 6.63. The number of aromatic nitrogens is 2. The summed E-state index contributed by atoms with van der Waals surface area (Å²) in [6, 6.07) is 7.87. The van der Waals surface area contributed by atoms with Gasteiger partial charge in [0.05, 0.1) is 18.3 Å². The van der Waals surface area contributed by atoms with E-state index in [1.807, 2.05) is 42.8 Å². The first-order chi connectivity index (χ1) is 11.0. The highest BCUT2D eigenvalue weighted by atomic mass is 35.5. The van der Waals surface area contributed by atoms with Crippen LogP contribution in [0.4, 0.5) is 0 Å². The number of rotatable bonds is 8. The standard InChI is InChI=1S/C18H26ClN3O/c1-4-17(23)9-10-20-11-18-13(2)21-22(14(18)3)12-15-5-7-16(19)8-6-15/h5-8,17,20,23H,4,9-12H2,1-3H3. The Morgan fingerprint density at radius 2 is 1.96 bits per heavy atom. The van der Waals surface area contributed by atoms with E-state index in [4.69, 9.17) is 11.6 Å². The minimum Gasteiger partial charge on any atom is -0.393 e. The molecule has 23 heavy (non-hydrogen) atoms. The first kappa shape index (κ1) is 18.0. The molecular formula is C18H26ClN3O. The number of aryl methyl sites for hydroxylation is 1. The van der Waals surface area contributed by atoms with Gasteiger partial charge in [0.25, 0.3) is 0 Å². The van der Waals surface area contributed by atoms with Crippen LogP contribution in [-0.4, -0.2) is 27.5 Å². The second-order valence-corrected chi connectivity index (χ2v) is 6.40. The van der Waals surface area contributed by atoms with E-state index in [1.165, 1.54) is 16.8 Å². The van der Waals surface area contributed by atoms with Gasteiger partial charge in [-0.3, -0.25) is 4.68 Å². The van der Waals surface area contributed by atoms with Gasteiger partial charge in [-0.1, -0.05) is 30.7 Å². The molecule has 1 unspecified atom stereocenters. The zero-order valence-electron chi connectivity index (χ0n) is 14.1. The Labute approximate surface area is 143 Å². The lowest BCUT2D eigenvalue weighted by Gasteiger charge is -2.09. The third kappa shape index (κ3) is 5.06. The van der Waals surface area contributed by atoms with Gasteiger partial charge < -0.3 is 10.4 Å². The van der Waals surface area contributed by atoms with Crippen LogP contribution in [0.25, 0.3) is 0 Å². The molecule has 1 aromatic heterocycles. The summed E-state index contributed by atoms with van der Waals surface area (Å²) in [5, 5.41) is 18.4. The van der Waals surface area contributed by atoms with Crippen LogP contribution in [0.15, 0.2) is 24.3 Å². The van der Waals surface area contributed by atoms with Crippen LogP contribution < -0.4 is 5.32 Å². The van der Waals surface area contributed by atoms with Crippen LogP contribution in [0.2, 0.25) is 5.02 Å². The molecule has 4 nitrogen and oxygen atoms in total. The molecule has 2 aromatic rings. The van der Waals surface area contributed by atoms with E-state index >= 15 is 0 Å². The lowest BCUT2D eigenvalue weighted by molar-refractivity contribution is 0.159. The number of hydrogen-bond acceptors (Lipinski definition) is 3. The Morgan fingerprint density at radius 1 is 1.26 bits per heavy atom. The number of aliphatic hydroxyl groups excluding tert-OH is 1. The van der Waals surface area contributed by atoms with Crippen LogP contribution in [0.3, 0.4) is 0 Å². The molecule has 0 fully saturated rings.